The van der Waals surface area contributed by atoms with Crippen LogP contribution in [0.3, 0.4) is 0 Å². The van der Waals surface area contributed by atoms with Gasteiger partial charge in [-0.1, -0.05) is 36.4 Å². The number of aliphatic carboxylic acids is 6. The van der Waals surface area contributed by atoms with Crippen molar-refractivity contribution >= 4 is 76.4 Å². The van der Waals surface area contributed by atoms with Crippen LogP contribution in [0.25, 0.3) is 67.8 Å². The normalized spacial score (nSPS) is 11.1. The predicted octanol–water partition coefficient (Wildman–Crippen LogP) is 4.61. The molecule has 2 amide bonds. The van der Waals surface area contributed by atoms with Crippen LogP contribution in [-0.4, -0.2) is 298 Å². The zero-order valence-corrected chi connectivity index (χ0v) is 62.0. The van der Waals surface area contributed by atoms with Crippen LogP contribution in [0, 0.1) is 0 Å². The first-order chi connectivity index (χ1) is 53.9. The second-order valence-electron chi connectivity index (χ2n) is 24.9. The van der Waals surface area contributed by atoms with E-state index in [4.69, 9.17) is 78.3 Å². The maximum absolute atomic E-state index is 13.1. The van der Waals surface area contributed by atoms with Crippen molar-refractivity contribution in [3.63, 3.8) is 0 Å². The number of carboxylic acids is 6. The number of nitrogens with zero attached hydrogens (tertiary/aromatic N) is 13. The van der Waals surface area contributed by atoms with Crippen molar-refractivity contribution in [3.05, 3.63) is 157 Å². The smallest absolute Gasteiger partial charge is 0.317 e. The number of anilines is 1. The Balaban J connectivity index is 0.000000311. The van der Waals surface area contributed by atoms with E-state index in [1.54, 1.807) is 77.8 Å². The van der Waals surface area contributed by atoms with Gasteiger partial charge in [0.2, 0.25) is 11.8 Å². The summed E-state index contributed by atoms with van der Waals surface area (Å²) >= 11 is 4.83. The van der Waals surface area contributed by atoms with Crippen molar-refractivity contribution < 1.29 is 98.8 Å². The Bertz CT molecular complexity index is 4500. The van der Waals surface area contributed by atoms with Gasteiger partial charge in [0.15, 0.2) is 0 Å². The van der Waals surface area contributed by atoms with Crippen LogP contribution in [0.15, 0.2) is 151 Å². The number of carbonyl (C=O) groups excluding carboxylic acids is 2. The molecule has 8 aromatic rings. The highest BCUT2D eigenvalue weighted by molar-refractivity contribution is 7.78. The van der Waals surface area contributed by atoms with Crippen molar-refractivity contribution in [2.24, 2.45) is 4.99 Å². The van der Waals surface area contributed by atoms with E-state index < -0.39 is 86.9 Å². The molecule has 0 fully saturated rings. The first kappa shape index (κ1) is 87.1. The van der Waals surface area contributed by atoms with Crippen molar-refractivity contribution in [2.45, 2.75) is 13.1 Å². The Hall–Kier alpha value is -12.1. The second-order valence-corrected chi connectivity index (χ2v) is 25.0. The standard InChI is InChI=1S/C38H42N8O10S.C37H44N8O10/c1-55-34-9-8-26(17-33(34)41-25-57)27-18-31(29-6-2-3-10-39-29)43-32(19-27)30-7-4-5-28(42-30)20-40-35(47)21-45(22-36(48)49)13-11-44(15-16-56-54)12-14-46(23-37(50)51)24-38(52)53;1-54-33-9-8-25(17-28(33)38)26-18-31(29-6-2-3-10-39-29)42-32(19-26)30-7-4-5-27(41-30)20-40-34(46)21-44(22-35(47)48)13-11-43(15-16-55-53)12-14-45(23-36(49)50)24-37(51)52/h2-10,17-19,54H,11-16,20-24H2,1H3,(H,40,47)(H,48,49)(H,50,51)(H,52,53);2-10,17-19,53H,11-16,20-24,38H2,1H3,(H,40,46)(H,47,48)(H,49,50)(H,51,52). The number of ether oxygens (including phenoxy) is 2. The van der Waals surface area contributed by atoms with Gasteiger partial charge in [-0.25, -0.2) is 29.7 Å². The highest BCUT2D eigenvalue weighted by Gasteiger charge is 2.23. The van der Waals surface area contributed by atoms with Crippen molar-refractivity contribution in [2.75, 3.05) is 151 Å². The number of rotatable bonds is 47. The van der Waals surface area contributed by atoms with Crippen LogP contribution in [0.2, 0.25) is 0 Å². The fraction of sp³-hybridized carbons (Fsp3) is 0.320. The summed E-state index contributed by atoms with van der Waals surface area (Å²) in [6, 6.07) is 40.2. The molecule has 36 nitrogen and oxygen atoms in total. The molecule has 0 radical (unpaired) electrons. The summed E-state index contributed by atoms with van der Waals surface area (Å²) < 4.78 is 10.7. The molecule has 0 aliphatic heterocycles. The number of thiocarbonyl (C=S) groups is 1. The van der Waals surface area contributed by atoms with Gasteiger partial charge in [-0.3, -0.25) is 88.2 Å². The maximum atomic E-state index is 13.1. The van der Waals surface area contributed by atoms with Crippen LogP contribution in [0.1, 0.15) is 11.4 Å². The van der Waals surface area contributed by atoms with E-state index in [1.807, 2.05) is 84.9 Å². The van der Waals surface area contributed by atoms with E-state index >= 15 is 0 Å². The van der Waals surface area contributed by atoms with Gasteiger partial charge in [-0.2, -0.15) is 4.99 Å². The maximum Gasteiger partial charge on any atom is 0.317 e. The minimum atomic E-state index is -1.19. The number of methoxy groups -OCH3 is 2. The summed E-state index contributed by atoms with van der Waals surface area (Å²) in [4.78, 5) is 144. The number of pyridine rings is 6. The van der Waals surface area contributed by atoms with Crippen LogP contribution < -0.4 is 25.8 Å². The molecule has 37 heteroatoms. The molecule has 2 aromatic carbocycles. The Labute approximate surface area is 647 Å². The fourth-order valence-electron chi connectivity index (χ4n) is 11.4. The number of nitrogens with two attached hydrogens (primary N) is 1. The number of carboxylic acid groups (broad SMARTS) is 6. The number of isothiocyanates is 1. The quantitative estimate of drug-likeness (QED) is 0.00815. The molecule has 592 valence electrons. The average Bonchev–Trinajstić information content (AvgIpc) is 0.815. The van der Waals surface area contributed by atoms with Gasteiger partial charge in [0.1, 0.15) is 17.2 Å². The third-order valence-corrected chi connectivity index (χ3v) is 16.7. The SMILES string of the molecule is COc1ccc(-c2cc(-c3ccccn3)nc(-c3cccc(CNC(=O)CN(CCN(CCOO)CCN(CC(=O)O)CC(=O)O)CC(=O)O)n3)c2)cc1N.COc1ccc(-c2cc(-c3ccccn3)nc(-c3cccc(CNC(=O)CN(CCN(CCOO)CCN(CC(=O)O)CC(=O)O)CC(=O)O)n3)c2)cc1N=C=S. The Morgan fingerprint density at radius 1 is 0.402 bits per heavy atom. The van der Waals surface area contributed by atoms with Gasteiger partial charge in [-0.15, -0.1) is 0 Å². The lowest BCUT2D eigenvalue weighted by Gasteiger charge is -2.28. The monoisotopic (exact) mass is 1560 g/mol. The number of carbonyl (C=O) groups is 8. The van der Waals surface area contributed by atoms with Gasteiger partial charge >= 0.3 is 35.8 Å². The van der Waals surface area contributed by atoms with E-state index in [0.29, 0.717) is 79.8 Å². The van der Waals surface area contributed by atoms with Crippen molar-refractivity contribution in [3.8, 4) is 79.3 Å². The molecule has 112 heavy (non-hydrogen) atoms. The van der Waals surface area contributed by atoms with Gasteiger partial charge < -0.3 is 56.5 Å². The fourth-order valence-corrected chi connectivity index (χ4v) is 11.4. The summed E-state index contributed by atoms with van der Waals surface area (Å²) in [6.07, 6.45) is 3.35. The number of benzene rings is 2. The zero-order valence-electron chi connectivity index (χ0n) is 61.2. The van der Waals surface area contributed by atoms with Crippen molar-refractivity contribution in [1.82, 2.24) is 69.9 Å². The molecule has 0 atom stereocenters. The molecule has 0 spiro atoms. The number of nitrogen functional groups attached to an aromatic ring is 1. The second kappa shape index (κ2) is 45.8. The van der Waals surface area contributed by atoms with Crippen LogP contribution in [0.5, 0.6) is 11.5 Å². The molecular weight excluding hydrogens is 1480 g/mol. The van der Waals surface area contributed by atoms with Gasteiger partial charge in [0, 0.05) is 77.8 Å². The molecule has 0 aliphatic rings. The van der Waals surface area contributed by atoms with Crippen LogP contribution in [0.4, 0.5) is 11.4 Å². The number of nitrogens with one attached hydrogen (secondary N) is 2. The van der Waals surface area contributed by atoms with E-state index in [9.17, 15) is 48.6 Å². The molecule has 0 saturated heterocycles. The number of hydrogen-bond donors (Lipinski definition) is 11. The van der Waals surface area contributed by atoms with Crippen LogP contribution >= 0.6 is 12.2 Å². The van der Waals surface area contributed by atoms with Crippen LogP contribution in [-0.2, 0) is 61.2 Å². The lowest BCUT2D eigenvalue weighted by Crippen LogP contribution is -2.46. The molecule has 12 N–H and O–H groups in total. The summed E-state index contributed by atoms with van der Waals surface area (Å²) in [6.45, 7) is -2.10. The lowest BCUT2D eigenvalue weighted by atomic mass is 10.0. The van der Waals surface area contributed by atoms with E-state index in [1.165, 1.54) is 26.7 Å². The molecule has 6 heterocycles. The van der Waals surface area contributed by atoms with Gasteiger partial charge in [-0.05, 0) is 132 Å². The van der Waals surface area contributed by atoms with Gasteiger partial charge in [0.05, 0.1) is 161 Å². The summed E-state index contributed by atoms with van der Waals surface area (Å²) in [5, 5.41) is 81.4. The summed E-state index contributed by atoms with van der Waals surface area (Å²) in [7, 11) is 3.09. The third-order valence-electron chi connectivity index (χ3n) is 16.6. The topological polar surface area (TPSA) is 495 Å². The van der Waals surface area contributed by atoms with E-state index in [0.717, 1.165) is 22.3 Å². The number of hydrogen-bond acceptors (Lipinski definition) is 29. The minimum absolute atomic E-state index is 0.0285. The lowest BCUT2D eigenvalue weighted by molar-refractivity contribution is -0.244. The number of amides is 2. The molecule has 0 saturated carbocycles. The molecule has 0 unspecified atom stereocenters. The molecule has 0 bridgehead atoms. The number of aromatic nitrogens is 6. The van der Waals surface area contributed by atoms with Crippen molar-refractivity contribution in [1.29, 1.82) is 0 Å². The molecular formula is C75H86N16O20S. The Kier molecular flexibility index (Phi) is 35.6. The van der Waals surface area contributed by atoms with E-state index in [2.05, 4.69) is 40.5 Å². The predicted molar refractivity (Wildman–Crippen MR) is 410 cm³/mol. The highest BCUT2D eigenvalue weighted by atomic mass is 32.1. The Morgan fingerprint density at radius 3 is 1.09 bits per heavy atom. The highest BCUT2D eigenvalue weighted by Crippen LogP contribution is 2.36. The first-order valence-electron chi connectivity index (χ1n) is 34.6. The molecule has 0 aliphatic carbocycles. The minimum Gasteiger partial charge on any atom is -0.495 e. The average molecular weight is 1560 g/mol. The largest absolute Gasteiger partial charge is 0.495 e. The molecule has 8 rings (SSSR count). The van der Waals surface area contributed by atoms with Gasteiger partial charge in [0.25, 0.3) is 0 Å². The van der Waals surface area contributed by atoms with E-state index in [-0.39, 0.29) is 105 Å². The molecule has 6 aromatic heterocycles. The summed E-state index contributed by atoms with van der Waals surface area (Å²) in [5.74, 6) is -6.92. The Morgan fingerprint density at radius 2 is 0.750 bits per heavy atom. The number of aliphatic imine (C=N–C) groups is 1. The zero-order chi connectivity index (χ0) is 80.9. The summed E-state index contributed by atoms with van der Waals surface area (Å²) in [5.41, 5.74) is 16.1. The third kappa shape index (κ3) is 30.1. The first-order valence-corrected chi connectivity index (χ1v) is 35.0.